The van der Waals surface area contributed by atoms with Gasteiger partial charge >= 0.3 is 5.97 Å². The summed E-state index contributed by atoms with van der Waals surface area (Å²) in [6.07, 6.45) is 0. The normalized spacial score (nSPS) is 11.1. The van der Waals surface area contributed by atoms with Crippen LogP contribution in [0.4, 0.5) is 5.69 Å². The molecule has 0 spiro atoms. The number of ether oxygens (including phenoxy) is 1. The van der Waals surface area contributed by atoms with E-state index in [0.29, 0.717) is 23.4 Å². The average molecular weight is 339 g/mol. The highest BCUT2D eigenvalue weighted by atomic mass is 16.5. The minimum absolute atomic E-state index is 0.0412. The number of anilines is 1. The summed E-state index contributed by atoms with van der Waals surface area (Å²) in [6.45, 7) is 10.3. The molecule has 0 aliphatic rings. The van der Waals surface area contributed by atoms with Gasteiger partial charge in [0.05, 0.1) is 12.2 Å². The van der Waals surface area contributed by atoms with Gasteiger partial charge in [0, 0.05) is 11.3 Å². The van der Waals surface area contributed by atoms with Crippen molar-refractivity contribution in [1.82, 2.24) is 0 Å². The summed E-state index contributed by atoms with van der Waals surface area (Å²) in [7, 11) is 0. The van der Waals surface area contributed by atoms with E-state index in [9.17, 15) is 9.59 Å². The van der Waals surface area contributed by atoms with Crippen LogP contribution in [-0.4, -0.2) is 18.5 Å². The molecule has 1 N–H and O–H groups in total. The number of esters is 1. The van der Waals surface area contributed by atoms with Gasteiger partial charge in [0.1, 0.15) is 0 Å². The lowest BCUT2D eigenvalue weighted by Crippen LogP contribution is -2.15. The maximum atomic E-state index is 12.5. The molecular formula is C21H25NO3. The molecule has 0 aliphatic heterocycles. The SMILES string of the molecule is CCOC(=O)c1ccc(C)c(NC(=O)c2ccc(C(C)(C)C)cc2)c1. The smallest absolute Gasteiger partial charge is 0.338 e. The van der Waals surface area contributed by atoms with E-state index in [0.717, 1.165) is 5.56 Å². The van der Waals surface area contributed by atoms with E-state index >= 15 is 0 Å². The predicted octanol–water partition coefficient (Wildman–Crippen LogP) is 4.72. The van der Waals surface area contributed by atoms with Gasteiger partial charge in [-0.1, -0.05) is 39.0 Å². The Labute approximate surface area is 149 Å². The van der Waals surface area contributed by atoms with Crippen molar-refractivity contribution in [2.45, 2.75) is 40.0 Å². The molecule has 1 amide bonds. The standard InChI is InChI=1S/C21H25NO3/c1-6-25-20(24)16-8-7-14(2)18(13-16)22-19(23)15-9-11-17(12-10-15)21(3,4)5/h7-13H,6H2,1-5H3,(H,22,23). The highest BCUT2D eigenvalue weighted by Gasteiger charge is 2.15. The minimum Gasteiger partial charge on any atom is -0.462 e. The van der Waals surface area contributed by atoms with Gasteiger partial charge in [-0.2, -0.15) is 0 Å². The number of aryl methyl sites for hydroxylation is 1. The lowest BCUT2D eigenvalue weighted by atomic mass is 9.86. The second-order valence-corrected chi connectivity index (χ2v) is 7.03. The molecule has 0 bridgehead atoms. The van der Waals surface area contributed by atoms with Crippen LogP contribution < -0.4 is 5.32 Å². The van der Waals surface area contributed by atoms with Crippen LogP contribution in [0.2, 0.25) is 0 Å². The summed E-state index contributed by atoms with van der Waals surface area (Å²) in [5.74, 6) is -0.600. The van der Waals surface area contributed by atoms with Crippen LogP contribution in [0.3, 0.4) is 0 Å². The molecule has 4 heteroatoms. The van der Waals surface area contributed by atoms with Crippen molar-refractivity contribution in [3.8, 4) is 0 Å². The van der Waals surface area contributed by atoms with E-state index in [1.54, 1.807) is 25.1 Å². The molecule has 2 rings (SSSR count). The lowest BCUT2D eigenvalue weighted by molar-refractivity contribution is 0.0526. The first-order valence-electron chi connectivity index (χ1n) is 8.42. The maximum Gasteiger partial charge on any atom is 0.338 e. The first-order chi connectivity index (χ1) is 11.7. The van der Waals surface area contributed by atoms with Crippen LogP contribution in [0.5, 0.6) is 0 Å². The first kappa shape index (κ1) is 18.7. The third-order valence-corrected chi connectivity index (χ3v) is 4.01. The highest BCUT2D eigenvalue weighted by molar-refractivity contribution is 6.05. The Morgan fingerprint density at radius 3 is 2.16 bits per heavy atom. The van der Waals surface area contributed by atoms with Gasteiger partial charge in [-0.05, 0) is 54.7 Å². The molecular weight excluding hydrogens is 314 g/mol. The van der Waals surface area contributed by atoms with Crippen molar-refractivity contribution in [2.24, 2.45) is 0 Å². The molecule has 0 heterocycles. The van der Waals surface area contributed by atoms with E-state index in [1.165, 1.54) is 5.56 Å². The Bertz CT molecular complexity index is 771. The summed E-state index contributed by atoms with van der Waals surface area (Å²) in [6, 6.07) is 12.7. The van der Waals surface area contributed by atoms with Crippen LogP contribution in [0.1, 0.15) is 59.5 Å². The Balaban J connectivity index is 2.20. The number of hydrogen-bond acceptors (Lipinski definition) is 3. The molecule has 0 unspecified atom stereocenters. The second kappa shape index (κ2) is 7.51. The van der Waals surface area contributed by atoms with Gasteiger partial charge in [0.25, 0.3) is 5.91 Å². The number of hydrogen-bond donors (Lipinski definition) is 1. The van der Waals surface area contributed by atoms with Crippen molar-refractivity contribution in [2.75, 3.05) is 11.9 Å². The van der Waals surface area contributed by atoms with Gasteiger partial charge in [-0.15, -0.1) is 0 Å². The zero-order valence-electron chi connectivity index (χ0n) is 15.5. The van der Waals surface area contributed by atoms with E-state index < -0.39 is 5.97 Å². The van der Waals surface area contributed by atoms with Crippen molar-refractivity contribution >= 4 is 17.6 Å². The van der Waals surface area contributed by atoms with Gasteiger partial charge in [0.15, 0.2) is 0 Å². The van der Waals surface area contributed by atoms with Crippen molar-refractivity contribution < 1.29 is 14.3 Å². The molecule has 0 saturated carbocycles. The predicted molar refractivity (Wildman–Crippen MR) is 100 cm³/mol. The quantitative estimate of drug-likeness (QED) is 0.820. The summed E-state index contributed by atoms with van der Waals surface area (Å²) >= 11 is 0. The Hall–Kier alpha value is -2.62. The number of carbonyl (C=O) groups excluding carboxylic acids is 2. The molecule has 4 nitrogen and oxygen atoms in total. The molecule has 132 valence electrons. The molecule has 0 aliphatic carbocycles. The maximum absolute atomic E-state index is 12.5. The van der Waals surface area contributed by atoms with Gasteiger partial charge < -0.3 is 10.1 Å². The molecule has 0 aromatic heterocycles. The van der Waals surface area contributed by atoms with E-state index in [2.05, 4.69) is 26.1 Å². The molecule has 2 aromatic rings. The Kier molecular flexibility index (Phi) is 5.62. The molecule has 0 atom stereocenters. The fourth-order valence-electron chi connectivity index (χ4n) is 2.41. The van der Waals surface area contributed by atoms with Crippen LogP contribution in [-0.2, 0) is 10.2 Å². The number of carbonyl (C=O) groups is 2. The fourth-order valence-corrected chi connectivity index (χ4v) is 2.41. The van der Waals surface area contributed by atoms with Crippen LogP contribution in [0.25, 0.3) is 0 Å². The van der Waals surface area contributed by atoms with Gasteiger partial charge in [-0.25, -0.2) is 4.79 Å². The fraction of sp³-hybridized carbons (Fsp3) is 0.333. The van der Waals surface area contributed by atoms with Gasteiger partial charge in [-0.3, -0.25) is 4.79 Å². The molecule has 0 saturated heterocycles. The van der Waals surface area contributed by atoms with Crippen LogP contribution in [0, 0.1) is 6.92 Å². The zero-order chi connectivity index (χ0) is 18.6. The van der Waals surface area contributed by atoms with E-state index in [1.807, 2.05) is 31.2 Å². The minimum atomic E-state index is -0.396. The van der Waals surface area contributed by atoms with Crippen molar-refractivity contribution in [3.05, 3.63) is 64.7 Å². The first-order valence-corrected chi connectivity index (χ1v) is 8.42. The third kappa shape index (κ3) is 4.69. The highest BCUT2D eigenvalue weighted by Crippen LogP contribution is 2.23. The van der Waals surface area contributed by atoms with Crippen LogP contribution >= 0.6 is 0 Å². The lowest BCUT2D eigenvalue weighted by Gasteiger charge is -2.19. The van der Waals surface area contributed by atoms with E-state index in [4.69, 9.17) is 4.74 Å². The molecule has 2 aromatic carbocycles. The monoisotopic (exact) mass is 339 g/mol. The topological polar surface area (TPSA) is 55.4 Å². The Morgan fingerprint density at radius 1 is 1.00 bits per heavy atom. The number of nitrogens with one attached hydrogen (secondary N) is 1. The summed E-state index contributed by atoms with van der Waals surface area (Å²) in [5.41, 5.74) is 3.70. The Morgan fingerprint density at radius 2 is 1.60 bits per heavy atom. The third-order valence-electron chi connectivity index (χ3n) is 4.01. The van der Waals surface area contributed by atoms with Crippen LogP contribution in [0.15, 0.2) is 42.5 Å². The zero-order valence-corrected chi connectivity index (χ0v) is 15.5. The van der Waals surface area contributed by atoms with E-state index in [-0.39, 0.29) is 11.3 Å². The van der Waals surface area contributed by atoms with Gasteiger partial charge in [0.2, 0.25) is 0 Å². The second-order valence-electron chi connectivity index (χ2n) is 7.03. The molecule has 25 heavy (non-hydrogen) atoms. The number of rotatable bonds is 4. The average Bonchev–Trinajstić information content (AvgIpc) is 2.56. The number of benzene rings is 2. The summed E-state index contributed by atoms with van der Waals surface area (Å²) < 4.78 is 5.01. The molecule has 0 fully saturated rings. The number of amides is 1. The molecule has 0 radical (unpaired) electrons. The summed E-state index contributed by atoms with van der Waals surface area (Å²) in [5, 5.41) is 2.88. The van der Waals surface area contributed by atoms with Crippen molar-refractivity contribution in [3.63, 3.8) is 0 Å². The largest absolute Gasteiger partial charge is 0.462 e. The van der Waals surface area contributed by atoms with Crippen molar-refractivity contribution in [1.29, 1.82) is 0 Å². The summed E-state index contributed by atoms with van der Waals surface area (Å²) in [4.78, 5) is 24.4.